The Bertz CT molecular complexity index is 688. The van der Waals surface area contributed by atoms with Crippen LogP contribution >= 0.6 is 39.1 Å². The van der Waals surface area contributed by atoms with Gasteiger partial charge in [-0.3, -0.25) is 0 Å². The number of aryl methyl sites for hydroxylation is 1. The van der Waals surface area contributed by atoms with Gasteiger partial charge in [0, 0.05) is 15.6 Å². The number of ether oxygens (including phenoxy) is 2. The van der Waals surface area contributed by atoms with Gasteiger partial charge in [-0.15, -0.1) is 11.6 Å². The van der Waals surface area contributed by atoms with E-state index in [1.165, 1.54) is 0 Å². The summed E-state index contributed by atoms with van der Waals surface area (Å²) in [5.41, 5.74) is 2.95. The molecule has 0 saturated carbocycles. The van der Waals surface area contributed by atoms with Gasteiger partial charge in [0.1, 0.15) is 13.2 Å². The van der Waals surface area contributed by atoms with Crippen LogP contribution in [-0.4, -0.2) is 13.2 Å². The van der Waals surface area contributed by atoms with Crippen LogP contribution in [0, 0.1) is 6.92 Å². The highest BCUT2D eigenvalue weighted by Gasteiger charge is 2.20. The predicted octanol–water partition coefficient (Wildman–Crippen LogP) is 5.51. The van der Waals surface area contributed by atoms with E-state index in [1.54, 1.807) is 6.07 Å². The number of halogens is 3. The van der Waals surface area contributed by atoms with E-state index in [0.29, 0.717) is 29.7 Å². The normalized spacial score (nSPS) is 14.9. The summed E-state index contributed by atoms with van der Waals surface area (Å²) < 4.78 is 12.2. The number of hydrogen-bond donors (Lipinski definition) is 0. The molecular formula is C16H13BrCl2O2. The Hall–Kier alpha value is -0.900. The number of alkyl halides is 1. The number of hydrogen-bond acceptors (Lipinski definition) is 2. The minimum absolute atomic E-state index is 0.333. The van der Waals surface area contributed by atoms with Crippen molar-refractivity contribution in [1.29, 1.82) is 0 Å². The molecule has 5 heteroatoms. The van der Waals surface area contributed by atoms with Crippen LogP contribution in [0.5, 0.6) is 11.5 Å². The van der Waals surface area contributed by atoms with E-state index in [0.717, 1.165) is 21.2 Å². The Morgan fingerprint density at radius 2 is 1.76 bits per heavy atom. The quantitative estimate of drug-likeness (QED) is 0.632. The van der Waals surface area contributed by atoms with Crippen LogP contribution in [0.15, 0.2) is 34.8 Å². The van der Waals surface area contributed by atoms with Crippen molar-refractivity contribution in [3.8, 4) is 11.5 Å². The fourth-order valence-corrected chi connectivity index (χ4v) is 3.16. The second-order valence-corrected chi connectivity index (χ2v) is 6.59. The highest BCUT2D eigenvalue weighted by atomic mass is 79.9. The molecule has 2 aromatic carbocycles. The molecule has 3 rings (SSSR count). The molecule has 0 radical (unpaired) electrons. The van der Waals surface area contributed by atoms with Crippen LogP contribution < -0.4 is 9.47 Å². The molecule has 1 atom stereocenters. The van der Waals surface area contributed by atoms with Crippen molar-refractivity contribution in [1.82, 2.24) is 0 Å². The van der Waals surface area contributed by atoms with E-state index in [2.05, 4.69) is 22.0 Å². The molecule has 2 aromatic rings. The molecule has 1 aliphatic heterocycles. The molecule has 110 valence electrons. The summed E-state index contributed by atoms with van der Waals surface area (Å²) in [5.74, 6) is 1.37. The molecule has 0 aliphatic carbocycles. The molecule has 1 unspecified atom stereocenters. The maximum atomic E-state index is 6.61. The minimum atomic E-state index is -0.333. The van der Waals surface area contributed by atoms with E-state index in [1.807, 2.05) is 25.1 Å². The summed E-state index contributed by atoms with van der Waals surface area (Å²) in [5, 5.41) is 0.250. The van der Waals surface area contributed by atoms with Gasteiger partial charge in [-0.1, -0.05) is 39.7 Å². The van der Waals surface area contributed by atoms with Gasteiger partial charge in [-0.25, -0.2) is 0 Å². The average Bonchev–Trinajstić information content (AvgIpc) is 2.48. The zero-order chi connectivity index (χ0) is 15.0. The number of rotatable bonds is 2. The van der Waals surface area contributed by atoms with Gasteiger partial charge in [0.15, 0.2) is 11.5 Å². The summed E-state index contributed by atoms with van der Waals surface area (Å²) in [6.07, 6.45) is 0. The Labute approximate surface area is 142 Å². The molecule has 0 aromatic heterocycles. The van der Waals surface area contributed by atoms with E-state index in [9.17, 15) is 0 Å². The van der Waals surface area contributed by atoms with Gasteiger partial charge in [0.05, 0.1) is 5.38 Å². The first-order chi connectivity index (χ1) is 10.1. The number of fused-ring (bicyclic) bond motifs is 1. The first kappa shape index (κ1) is 15.0. The second-order valence-electron chi connectivity index (χ2n) is 4.89. The van der Waals surface area contributed by atoms with Crippen LogP contribution in [0.2, 0.25) is 5.02 Å². The van der Waals surface area contributed by atoms with Crippen LogP contribution in [0.25, 0.3) is 0 Å². The molecular weight excluding hydrogens is 375 g/mol. The van der Waals surface area contributed by atoms with Crippen LogP contribution in [0.3, 0.4) is 0 Å². The third-order valence-electron chi connectivity index (χ3n) is 3.41. The van der Waals surface area contributed by atoms with Gasteiger partial charge in [0.2, 0.25) is 0 Å². The lowest BCUT2D eigenvalue weighted by atomic mass is 10.0. The zero-order valence-corrected chi connectivity index (χ0v) is 14.4. The molecule has 21 heavy (non-hydrogen) atoms. The molecule has 0 N–H and O–H groups in total. The molecule has 2 nitrogen and oxygen atoms in total. The van der Waals surface area contributed by atoms with Gasteiger partial charge in [-0.2, -0.15) is 0 Å². The third kappa shape index (κ3) is 3.01. The van der Waals surface area contributed by atoms with Gasteiger partial charge >= 0.3 is 0 Å². The lowest BCUT2D eigenvalue weighted by Crippen LogP contribution is -2.15. The first-order valence-corrected chi connectivity index (χ1v) is 8.16. The average molecular weight is 388 g/mol. The van der Waals surface area contributed by atoms with Crippen LogP contribution in [-0.2, 0) is 0 Å². The van der Waals surface area contributed by atoms with E-state index in [4.69, 9.17) is 32.7 Å². The Balaban J connectivity index is 2.00. The van der Waals surface area contributed by atoms with Crippen molar-refractivity contribution in [3.05, 3.63) is 56.5 Å². The minimum Gasteiger partial charge on any atom is -0.486 e. The summed E-state index contributed by atoms with van der Waals surface area (Å²) in [7, 11) is 0. The maximum absolute atomic E-state index is 6.61. The van der Waals surface area contributed by atoms with Gasteiger partial charge in [-0.05, 0) is 35.7 Å². The Morgan fingerprint density at radius 1 is 1.10 bits per heavy atom. The van der Waals surface area contributed by atoms with Crippen molar-refractivity contribution in [2.24, 2.45) is 0 Å². The summed E-state index contributed by atoms with van der Waals surface area (Å²) in [4.78, 5) is 0. The highest BCUT2D eigenvalue weighted by molar-refractivity contribution is 9.10. The first-order valence-electron chi connectivity index (χ1n) is 6.55. The maximum Gasteiger partial charge on any atom is 0.162 e. The van der Waals surface area contributed by atoms with Gasteiger partial charge in [0.25, 0.3) is 0 Å². The summed E-state index contributed by atoms with van der Waals surface area (Å²) in [6, 6.07) is 9.67. The molecule has 0 saturated heterocycles. The standard InChI is InChI=1S/C16H13BrCl2O2/c1-9-6-10(2-3-12(9)17)16(19)11-7-14-15(8-13(11)18)21-5-4-20-14/h2-3,6-8,16H,4-5H2,1H3. The zero-order valence-electron chi connectivity index (χ0n) is 11.3. The SMILES string of the molecule is Cc1cc(C(Cl)c2cc3c(cc2Cl)OCCO3)ccc1Br. The van der Waals surface area contributed by atoms with Crippen LogP contribution in [0.1, 0.15) is 22.1 Å². The highest BCUT2D eigenvalue weighted by Crippen LogP contribution is 2.42. The molecule has 0 fully saturated rings. The van der Waals surface area contributed by atoms with Gasteiger partial charge < -0.3 is 9.47 Å². The molecule has 0 amide bonds. The molecule has 1 heterocycles. The lowest BCUT2D eigenvalue weighted by molar-refractivity contribution is 0.171. The predicted molar refractivity (Wildman–Crippen MR) is 89.0 cm³/mol. The summed E-state index contributed by atoms with van der Waals surface area (Å²) in [6.45, 7) is 3.11. The van der Waals surface area contributed by atoms with Crippen molar-refractivity contribution in [3.63, 3.8) is 0 Å². The van der Waals surface area contributed by atoms with Crippen molar-refractivity contribution >= 4 is 39.1 Å². The van der Waals surface area contributed by atoms with E-state index in [-0.39, 0.29) is 5.38 Å². The fraction of sp³-hybridized carbons (Fsp3) is 0.250. The van der Waals surface area contributed by atoms with Crippen molar-refractivity contribution in [2.75, 3.05) is 13.2 Å². The van der Waals surface area contributed by atoms with Crippen molar-refractivity contribution < 1.29 is 9.47 Å². The fourth-order valence-electron chi connectivity index (χ4n) is 2.28. The van der Waals surface area contributed by atoms with Crippen molar-refractivity contribution in [2.45, 2.75) is 12.3 Å². The third-order valence-corrected chi connectivity index (χ3v) is 5.11. The summed E-state index contributed by atoms with van der Waals surface area (Å²) >= 11 is 16.4. The Morgan fingerprint density at radius 3 is 2.43 bits per heavy atom. The Kier molecular flexibility index (Phi) is 4.34. The molecule has 0 spiro atoms. The lowest BCUT2D eigenvalue weighted by Gasteiger charge is -2.21. The largest absolute Gasteiger partial charge is 0.486 e. The monoisotopic (exact) mass is 386 g/mol. The topological polar surface area (TPSA) is 18.5 Å². The molecule has 0 bridgehead atoms. The number of benzene rings is 2. The van der Waals surface area contributed by atoms with E-state index >= 15 is 0 Å². The van der Waals surface area contributed by atoms with E-state index < -0.39 is 0 Å². The smallest absolute Gasteiger partial charge is 0.162 e. The second kappa shape index (κ2) is 6.07. The van der Waals surface area contributed by atoms with Crippen LogP contribution in [0.4, 0.5) is 0 Å². The molecule has 1 aliphatic rings.